The molecular formula is C16H19N3O3S2. The Labute approximate surface area is 145 Å². The first kappa shape index (κ1) is 17.0. The highest BCUT2D eigenvalue weighted by Gasteiger charge is 2.28. The number of carbonyl (C=O) groups excluding carboxylic acids is 1. The molecule has 0 aliphatic heterocycles. The highest BCUT2D eigenvalue weighted by atomic mass is 32.2. The molecule has 0 atom stereocenters. The van der Waals surface area contributed by atoms with E-state index in [1.807, 2.05) is 12.1 Å². The van der Waals surface area contributed by atoms with Crippen molar-refractivity contribution in [1.82, 2.24) is 15.5 Å². The first-order valence-electron chi connectivity index (χ1n) is 7.76. The Morgan fingerprint density at radius 1 is 1.17 bits per heavy atom. The van der Waals surface area contributed by atoms with E-state index in [9.17, 15) is 13.2 Å². The van der Waals surface area contributed by atoms with Crippen LogP contribution in [0.15, 0.2) is 24.3 Å². The number of amides is 1. The van der Waals surface area contributed by atoms with Crippen LogP contribution in [0.25, 0.3) is 0 Å². The molecule has 8 heteroatoms. The van der Waals surface area contributed by atoms with Crippen molar-refractivity contribution in [3.63, 3.8) is 0 Å². The summed E-state index contributed by atoms with van der Waals surface area (Å²) in [5.74, 6) is 0.316. The number of sulfone groups is 1. The maximum absolute atomic E-state index is 12.3. The van der Waals surface area contributed by atoms with Crippen LogP contribution in [0.3, 0.4) is 0 Å². The summed E-state index contributed by atoms with van der Waals surface area (Å²) in [7, 11) is -3.28. The third-order valence-electron chi connectivity index (χ3n) is 3.70. The summed E-state index contributed by atoms with van der Waals surface area (Å²) in [5, 5.41) is 12.3. The minimum atomic E-state index is -3.28. The van der Waals surface area contributed by atoms with E-state index in [4.69, 9.17) is 0 Å². The molecule has 1 saturated carbocycles. The van der Waals surface area contributed by atoms with Gasteiger partial charge in [-0.15, -0.1) is 21.5 Å². The quantitative estimate of drug-likeness (QED) is 0.812. The molecule has 1 amide bonds. The lowest BCUT2D eigenvalue weighted by Gasteiger charge is -2.05. The second kappa shape index (κ2) is 6.98. The predicted molar refractivity (Wildman–Crippen MR) is 92.2 cm³/mol. The second-order valence-corrected chi connectivity index (χ2v) is 9.22. The molecule has 1 N–H and O–H groups in total. The first-order valence-corrected chi connectivity index (χ1v) is 10.4. The lowest BCUT2D eigenvalue weighted by Crippen LogP contribution is -2.18. The van der Waals surface area contributed by atoms with Crippen molar-refractivity contribution in [2.75, 3.05) is 0 Å². The fraction of sp³-hybridized carbons (Fsp3) is 0.438. The SMILES string of the molecule is CC(=O)NCc1ccc(CS(=O)(=O)Cc2nnc(C3CC3)s2)cc1. The topological polar surface area (TPSA) is 89.0 Å². The van der Waals surface area contributed by atoms with Crippen LogP contribution in [0.2, 0.25) is 0 Å². The fourth-order valence-corrected chi connectivity index (χ4v) is 5.11. The zero-order chi connectivity index (χ0) is 17.2. The molecule has 2 aromatic rings. The molecule has 0 unspecified atom stereocenters. The highest BCUT2D eigenvalue weighted by molar-refractivity contribution is 7.89. The van der Waals surface area contributed by atoms with E-state index in [-0.39, 0.29) is 17.4 Å². The van der Waals surface area contributed by atoms with Gasteiger partial charge < -0.3 is 5.32 Å². The van der Waals surface area contributed by atoms with Gasteiger partial charge in [-0.3, -0.25) is 4.79 Å². The maximum Gasteiger partial charge on any atom is 0.217 e. The van der Waals surface area contributed by atoms with E-state index in [0.717, 1.165) is 29.0 Å². The van der Waals surface area contributed by atoms with Crippen molar-refractivity contribution in [3.8, 4) is 0 Å². The van der Waals surface area contributed by atoms with Gasteiger partial charge in [0.15, 0.2) is 9.84 Å². The summed E-state index contributed by atoms with van der Waals surface area (Å²) < 4.78 is 24.7. The molecule has 6 nitrogen and oxygen atoms in total. The zero-order valence-corrected chi connectivity index (χ0v) is 15.0. The van der Waals surface area contributed by atoms with Crippen molar-refractivity contribution < 1.29 is 13.2 Å². The van der Waals surface area contributed by atoms with Gasteiger partial charge in [-0.2, -0.15) is 0 Å². The van der Waals surface area contributed by atoms with Crippen molar-refractivity contribution in [2.24, 2.45) is 0 Å². The van der Waals surface area contributed by atoms with Gasteiger partial charge in [-0.1, -0.05) is 24.3 Å². The number of nitrogens with one attached hydrogen (secondary N) is 1. The molecule has 0 spiro atoms. The molecule has 1 aliphatic carbocycles. The Hall–Kier alpha value is -1.80. The maximum atomic E-state index is 12.3. The van der Waals surface area contributed by atoms with Crippen molar-refractivity contribution >= 4 is 27.1 Å². The Morgan fingerprint density at radius 2 is 1.83 bits per heavy atom. The predicted octanol–water partition coefficient (Wildman–Crippen LogP) is 2.17. The lowest BCUT2D eigenvalue weighted by molar-refractivity contribution is -0.119. The van der Waals surface area contributed by atoms with Gasteiger partial charge in [0.2, 0.25) is 5.91 Å². The molecule has 128 valence electrons. The number of aromatic nitrogens is 2. The summed E-state index contributed by atoms with van der Waals surface area (Å²) in [6.45, 7) is 1.90. The van der Waals surface area contributed by atoms with Crippen molar-refractivity contribution in [3.05, 3.63) is 45.4 Å². The minimum absolute atomic E-state index is 0.0221. The van der Waals surface area contributed by atoms with Gasteiger partial charge in [-0.25, -0.2) is 8.42 Å². The molecule has 24 heavy (non-hydrogen) atoms. The van der Waals surface area contributed by atoms with Gasteiger partial charge in [0.25, 0.3) is 0 Å². The smallest absolute Gasteiger partial charge is 0.217 e. The van der Waals surface area contributed by atoms with E-state index < -0.39 is 9.84 Å². The number of hydrogen-bond acceptors (Lipinski definition) is 6. The van der Waals surface area contributed by atoms with Gasteiger partial charge >= 0.3 is 0 Å². The normalized spacial score (nSPS) is 14.5. The molecule has 1 aliphatic rings. The van der Waals surface area contributed by atoms with E-state index in [1.165, 1.54) is 18.3 Å². The number of hydrogen-bond donors (Lipinski definition) is 1. The third-order valence-corrected chi connectivity index (χ3v) is 6.46. The van der Waals surface area contributed by atoms with Crippen LogP contribution in [0.4, 0.5) is 0 Å². The Morgan fingerprint density at radius 3 is 2.46 bits per heavy atom. The summed E-state index contributed by atoms with van der Waals surface area (Å²) in [4.78, 5) is 10.9. The largest absolute Gasteiger partial charge is 0.352 e. The van der Waals surface area contributed by atoms with Gasteiger partial charge in [0.05, 0.1) is 5.75 Å². The van der Waals surface area contributed by atoms with Crippen LogP contribution in [0.5, 0.6) is 0 Å². The molecule has 1 aromatic carbocycles. The molecule has 1 fully saturated rings. The van der Waals surface area contributed by atoms with E-state index in [2.05, 4.69) is 15.5 Å². The molecular weight excluding hydrogens is 346 g/mol. The van der Waals surface area contributed by atoms with E-state index >= 15 is 0 Å². The van der Waals surface area contributed by atoms with Gasteiger partial charge in [0, 0.05) is 19.4 Å². The van der Waals surface area contributed by atoms with Crippen LogP contribution >= 0.6 is 11.3 Å². The lowest BCUT2D eigenvalue weighted by atomic mass is 10.1. The van der Waals surface area contributed by atoms with E-state index in [0.29, 0.717) is 17.5 Å². The molecule has 1 aromatic heterocycles. The van der Waals surface area contributed by atoms with Crippen molar-refractivity contribution in [1.29, 1.82) is 0 Å². The summed E-state index contributed by atoms with van der Waals surface area (Å²) in [5.41, 5.74) is 1.66. The first-order chi connectivity index (χ1) is 11.4. The summed E-state index contributed by atoms with van der Waals surface area (Å²) in [6.07, 6.45) is 2.26. The Kier molecular flexibility index (Phi) is 4.96. The van der Waals surface area contributed by atoms with Crippen LogP contribution in [0, 0.1) is 0 Å². The van der Waals surface area contributed by atoms with Gasteiger partial charge in [-0.05, 0) is 24.0 Å². The van der Waals surface area contributed by atoms with Crippen LogP contribution < -0.4 is 5.32 Å². The minimum Gasteiger partial charge on any atom is -0.352 e. The highest BCUT2D eigenvalue weighted by Crippen LogP contribution is 2.41. The summed E-state index contributed by atoms with van der Waals surface area (Å²) >= 11 is 1.41. The van der Waals surface area contributed by atoms with Crippen LogP contribution in [0.1, 0.15) is 46.8 Å². The van der Waals surface area contributed by atoms with E-state index in [1.54, 1.807) is 12.1 Å². The average molecular weight is 365 g/mol. The Balaban J connectivity index is 1.59. The molecule has 0 bridgehead atoms. The zero-order valence-electron chi connectivity index (χ0n) is 13.4. The number of benzene rings is 1. The summed E-state index contributed by atoms with van der Waals surface area (Å²) in [6, 6.07) is 7.22. The average Bonchev–Trinajstić information content (AvgIpc) is 3.27. The van der Waals surface area contributed by atoms with Crippen LogP contribution in [-0.4, -0.2) is 24.5 Å². The number of carbonyl (C=O) groups is 1. The Bertz CT molecular complexity index is 825. The molecule has 0 saturated heterocycles. The van der Waals surface area contributed by atoms with Crippen molar-refractivity contribution in [2.45, 2.75) is 43.7 Å². The fourth-order valence-electron chi connectivity index (χ4n) is 2.29. The third kappa shape index (κ3) is 4.85. The monoisotopic (exact) mass is 365 g/mol. The number of nitrogens with zero attached hydrogens (tertiary/aromatic N) is 2. The molecule has 0 radical (unpaired) electrons. The number of rotatable bonds is 7. The second-order valence-electron chi connectivity index (χ2n) is 6.07. The molecule has 3 rings (SSSR count). The standard InChI is InChI=1S/C16H19N3O3S2/c1-11(20)17-8-12-2-4-13(5-3-12)9-24(21,22)10-15-18-19-16(23-15)14-6-7-14/h2-5,14H,6-10H2,1H3,(H,17,20). The molecule has 1 heterocycles. The van der Waals surface area contributed by atoms with Crippen LogP contribution in [-0.2, 0) is 32.7 Å². The van der Waals surface area contributed by atoms with Gasteiger partial charge in [0.1, 0.15) is 15.8 Å².